The molecule has 2 aromatic carbocycles. The third-order valence-corrected chi connectivity index (χ3v) is 3.21. The second-order valence-electron chi connectivity index (χ2n) is 4.82. The van der Waals surface area contributed by atoms with Gasteiger partial charge in [0.25, 0.3) is 5.91 Å². The monoisotopic (exact) mass is 301 g/mol. The highest BCUT2D eigenvalue weighted by atomic mass is 19.1. The van der Waals surface area contributed by atoms with Gasteiger partial charge in [0, 0.05) is 0 Å². The minimum atomic E-state index is -0.987. The Morgan fingerprint density at radius 2 is 1.82 bits per heavy atom. The fourth-order valence-corrected chi connectivity index (χ4v) is 2.06. The number of hydrogen-bond donors (Lipinski definition) is 1. The van der Waals surface area contributed by atoms with Crippen molar-refractivity contribution in [2.24, 2.45) is 0 Å². The molecule has 1 atom stereocenters. The van der Waals surface area contributed by atoms with E-state index >= 15 is 0 Å². The van der Waals surface area contributed by atoms with E-state index in [-0.39, 0.29) is 5.56 Å². The van der Waals surface area contributed by atoms with Gasteiger partial charge in [0.15, 0.2) is 6.04 Å². The zero-order valence-corrected chi connectivity index (χ0v) is 12.3. The van der Waals surface area contributed by atoms with Gasteiger partial charge in [-0.1, -0.05) is 42.0 Å². The summed E-state index contributed by atoms with van der Waals surface area (Å²) in [4.78, 5) is 24.2. The molecule has 0 aliphatic heterocycles. The second kappa shape index (κ2) is 6.85. The molecule has 22 heavy (non-hydrogen) atoms. The van der Waals surface area contributed by atoms with Gasteiger partial charge in [0.1, 0.15) is 5.82 Å². The van der Waals surface area contributed by atoms with Crippen LogP contribution in [0.1, 0.15) is 27.5 Å². The first-order valence-corrected chi connectivity index (χ1v) is 6.72. The van der Waals surface area contributed by atoms with Gasteiger partial charge >= 0.3 is 5.97 Å². The zero-order valence-electron chi connectivity index (χ0n) is 12.3. The number of rotatable bonds is 4. The van der Waals surface area contributed by atoms with Crippen LogP contribution in [-0.4, -0.2) is 19.0 Å². The summed E-state index contributed by atoms with van der Waals surface area (Å²) in [6, 6.07) is 11.9. The fourth-order valence-electron chi connectivity index (χ4n) is 2.06. The highest BCUT2D eigenvalue weighted by molar-refractivity contribution is 5.97. The number of carbonyl (C=O) groups excluding carboxylic acids is 2. The Labute approximate surface area is 127 Å². The lowest BCUT2D eigenvalue weighted by atomic mass is 10.1. The SMILES string of the molecule is COC(=O)C(NC(=O)c1cc(C)ccc1F)c1ccccc1. The number of methoxy groups -OCH3 is 1. The van der Waals surface area contributed by atoms with Crippen LogP contribution in [0.3, 0.4) is 0 Å². The lowest BCUT2D eigenvalue weighted by Crippen LogP contribution is -2.35. The number of halogens is 1. The lowest BCUT2D eigenvalue weighted by Gasteiger charge is -2.17. The lowest BCUT2D eigenvalue weighted by molar-refractivity contribution is -0.143. The van der Waals surface area contributed by atoms with Crippen molar-refractivity contribution in [1.82, 2.24) is 5.32 Å². The predicted molar refractivity (Wildman–Crippen MR) is 79.8 cm³/mol. The molecule has 1 unspecified atom stereocenters. The van der Waals surface area contributed by atoms with Crippen LogP contribution in [0.2, 0.25) is 0 Å². The van der Waals surface area contributed by atoms with Gasteiger partial charge < -0.3 is 10.1 Å². The molecule has 0 aliphatic rings. The number of ether oxygens (including phenoxy) is 1. The molecule has 0 bridgehead atoms. The topological polar surface area (TPSA) is 55.4 Å². The largest absolute Gasteiger partial charge is 0.467 e. The van der Waals surface area contributed by atoms with Gasteiger partial charge in [-0.15, -0.1) is 0 Å². The van der Waals surface area contributed by atoms with Gasteiger partial charge in [0.2, 0.25) is 0 Å². The Balaban J connectivity index is 2.29. The third-order valence-electron chi connectivity index (χ3n) is 3.21. The summed E-state index contributed by atoms with van der Waals surface area (Å²) in [5, 5.41) is 2.51. The predicted octanol–water partition coefficient (Wildman–Crippen LogP) is 2.78. The number of benzene rings is 2. The molecule has 1 N–H and O–H groups in total. The highest BCUT2D eigenvalue weighted by Gasteiger charge is 2.25. The molecule has 0 saturated heterocycles. The van der Waals surface area contributed by atoms with Gasteiger partial charge in [-0.05, 0) is 24.6 Å². The van der Waals surface area contributed by atoms with Crippen LogP contribution < -0.4 is 5.32 Å². The van der Waals surface area contributed by atoms with E-state index < -0.39 is 23.7 Å². The second-order valence-corrected chi connectivity index (χ2v) is 4.82. The summed E-state index contributed by atoms with van der Waals surface area (Å²) in [5.74, 6) is -1.92. The van der Waals surface area contributed by atoms with Crippen LogP contribution in [0.4, 0.5) is 4.39 Å². The molecule has 5 heteroatoms. The average Bonchev–Trinajstić information content (AvgIpc) is 2.54. The maximum atomic E-state index is 13.8. The van der Waals surface area contributed by atoms with E-state index in [1.807, 2.05) is 0 Å². The maximum Gasteiger partial charge on any atom is 0.333 e. The van der Waals surface area contributed by atoms with Crippen LogP contribution in [0.15, 0.2) is 48.5 Å². The molecule has 0 heterocycles. The molecule has 1 amide bonds. The average molecular weight is 301 g/mol. The van der Waals surface area contributed by atoms with Crippen molar-refractivity contribution in [3.63, 3.8) is 0 Å². The normalized spacial score (nSPS) is 11.6. The number of esters is 1. The standard InChI is InChI=1S/C17H16FNO3/c1-11-8-9-14(18)13(10-11)16(20)19-15(17(21)22-2)12-6-4-3-5-7-12/h3-10,15H,1-2H3,(H,19,20). The minimum absolute atomic E-state index is 0.107. The first-order valence-electron chi connectivity index (χ1n) is 6.72. The molecule has 4 nitrogen and oxygen atoms in total. The van der Waals surface area contributed by atoms with E-state index in [1.165, 1.54) is 19.2 Å². The smallest absolute Gasteiger partial charge is 0.333 e. The van der Waals surface area contributed by atoms with Crippen molar-refractivity contribution >= 4 is 11.9 Å². The van der Waals surface area contributed by atoms with E-state index in [4.69, 9.17) is 4.74 Å². The van der Waals surface area contributed by atoms with Crippen molar-refractivity contribution in [2.75, 3.05) is 7.11 Å². The number of hydrogen-bond acceptors (Lipinski definition) is 3. The summed E-state index contributed by atoms with van der Waals surface area (Å²) in [6.07, 6.45) is 0. The molecule has 2 rings (SSSR count). The molecular weight excluding hydrogens is 285 g/mol. The van der Waals surface area contributed by atoms with Crippen LogP contribution in [0, 0.1) is 12.7 Å². The van der Waals surface area contributed by atoms with Gasteiger partial charge in [0.05, 0.1) is 12.7 Å². The summed E-state index contributed by atoms with van der Waals surface area (Å²) in [6.45, 7) is 1.76. The van der Waals surface area contributed by atoms with Gasteiger partial charge in [-0.25, -0.2) is 9.18 Å². The van der Waals surface area contributed by atoms with E-state index in [0.717, 1.165) is 5.56 Å². The number of nitrogens with one attached hydrogen (secondary N) is 1. The Kier molecular flexibility index (Phi) is 4.88. The van der Waals surface area contributed by atoms with Crippen molar-refractivity contribution < 1.29 is 18.7 Å². The van der Waals surface area contributed by atoms with Crippen LogP contribution in [0.5, 0.6) is 0 Å². The van der Waals surface area contributed by atoms with Crippen molar-refractivity contribution in [3.8, 4) is 0 Å². The summed E-state index contributed by atoms with van der Waals surface area (Å²) < 4.78 is 18.5. The third kappa shape index (κ3) is 3.49. The van der Waals surface area contributed by atoms with E-state index in [2.05, 4.69) is 5.32 Å². The summed E-state index contributed by atoms with van der Waals surface area (Å²) in [7, 11) is 1.23. The van der Waals surface area contributed by atoms with Crippen LogP contribution in [0.25, 0.3) is 0 Å². The molecule has 0 radical (unpaired) electrons. The molecular formula is C17H16FNO3. The van der Waals surface area contributed by atoms with Gasteiger partial charge in [-0.2, -0.15) is 0 Å². The molecule has 0 aliphatic carbocycles. The Hall–Kier alpha value is -2.69. The molecule has 0 fully saturated rings. The minimum Gasteiger partial charge on any atom is -0.467 e. The molecule has 0 aromatic heterocycles. The van der Waals surface area contributed by atoms with Crippen molar-refractivity contribution in [2.45, 2.75) is 13.0 Å². The van der Waals surface area contributed by atoms with E-state index in [9.17, 15) is 14.0 Å². The number of aryl methyl sites for hydroxylation is 1. The Bertz CT molecular complexity index is 686. The molecule has 2 aromatic rings. The number of amides is 1. The highest BCUT2D eigenvalue weighted by Crippen LogP contribution is 2.17. The summed E-state index contributed by atoms with van der Waals surface area (Å²) >= 11 is 0. The quantitative estimate of drug-likeness (QED) is 0.884. The van der Waals surface area contributed by atoms with E-state index in [0.29, 0.717) is 5.56 Å². The first kappa shape index (κ1) is 15.7. The molecule has 114 valence electrons. The number of carbonyl (C=O) groups is 2. The zero-order chi connectivity index (χ0) is 16.1. The Morgan fingerprint density at radius 1 is 1.14 bits per heavy atom. The first-order chi connectivity index (χ1) is 10.5. The van der Waals surface area contributed by atoms with Crippen molar-refractivity contribution in [3.05, 3.63) is 71.0 Å². The Morgan fingerprint density at radius 3 is 2.45 bits per heavy atom. The maximum absolute atomic E-state index is 13.8. The van der Waals surface area contributed by atoms with Gasteiger partial charge in [-0.3, -0.25) is 4.79 Å². The molecule has 0 spiro atoms. The van der Waals surface area contributed by atoms with E-state index in [1.54, 1.807) is 43.3 Å². The fraction of sp³-hybridized carbons (Fsp3) is 0.176. The van der Waals surface area contributed by atoms with Crippen LogP contribution in [-0.2, 0) is 9.53 Å². The van der Waals surface area contributed by atoms with Crippen LogP contribution >= 0.6 is 0 Å². The molecule has 0 saturated carbocycles. The van der Waals surface area contributed by atoms with Crippen molar-refractivity contribution in [1.29, 1.82) is 0 Å². The summed E-state index contributed by atoms with van der Waals surface area (Å²) in [5.41, 5.74) is 1.21.